The van der Waals surface area contributed by atoms with Crippen molar-refractivity contribution in [2.24, 2.45) is 0 Å². The van der Waals surface area contributed by atoms with E-state index in [4.69, 9.17) is 0 Å². The zero-order chi connectivity index (χ0) is 27.2. The summed E-state index contributed by atoms with van der Waals surface area (Å²) < 4.78 is 0. The molecule has 2 atom stereocenters. The molecule has 0 aliphatic carbocycles. The zero-order valence-electron chi connectivity index (χ0n) is 25.8. The fourth-order valence-corrected chi connectivity index (χ4v) is 5.37. The third-order valence-corrected chi connectivity index (χ3v) is 8.01. The highest BCUT2D eigenvalue weighted by atomic mass is 16.3. The van der Waals surface area contributed by atoms with Gasteiger partial charge in [0.2, 0.25) is 5.91 Å². The minimum atomic E-state index is -0.832. The van der Waals surface area contributed by atoms with E-state index in [0.717, 1.165) is 19.3 Å². The number of carbonyl (C=O) groups excluding carboxylic acids is 1. The first-order valence-corrected chi connectivity index (χ1v) is 17.1. The lowest BCUT2D eigenvalue weighted by atomic mass is 10.0. The first kappa shape index (κ1) is 36.4. The van der Waals surface area contributed by atoms with Gasteiger partial charge in [-0.2, -0.15) is 0 Å². The van der Waals surface area contributed by atoms with E-state index in [-0.39, 0.29) is 11.9 Å². The standard InChI is InChI=1S/C34H69NO2/c1-4-6-8-10-12-14-16-18-19-20-22-24-26-28-30-32(3)35-34(37)33(36)31-29-27-25-23-21-17-15-13-11-9-7-5-2/h32-33,36H,4-31H2,1-3H3,(H,35,37). The van der Waals surface area contributed by atoms with Gasteiger partial charge >= 0.3 is 0 Å². The number of nitrogens with one attached hydrogen (secondary N) is 1. The highest BCUT2D eigenvalue weighted by Gasteiger charge is 2.16. The Balaban J connectivity index is 3.42. The van der Waals surface area contributed by atoms with Crippen molar-refractivity contribution in [1.29, 1.82) is 0 Å². The van der Waals surface area contributed by atoms with Crippen LogP contribution in [-0.2, 0) is 4.79 Å². The van der Waals surface area contributed by atoms with Crippen molar-refractivity contribution >= 4 is 5.91 Å². The van der Waals surface area contributed by atoms with Crippen LogP contribution in [0.25, 0.3) is 0 Å². The molecule has 3 nitrogen and oxygen atoms in total. The molecule has 0 saturated heterocycles. The molecule has 222 valence electrons. The third-order valence-electron chi connectivity index (χ3n) is 8.01. The van der Waals surface area contributed by atoms with Crippen molar-refractivity contribution in [3.8, 4) is 0 Å². The maximum Gasteiger partial charge on any atom is 0.249 e. The Hall–Kier alpha value is -0.570. The average molecular weight is 524 g/mol. The number of rotatable bonds is 30. The van der Waals surface area contributed by atoms with Gasteiger partial charge in [0, 0.05) is 6.04 Å². The van der Waals surface area contributed by atoms with Gasteiger partial charge in [0.25, 0.3) is 0 Å². The Labute approximate surface area is 233 Å². The molecule has 0 bridgehead atoms. The molecule has 1 amide bonds. The number of aliphatic hydroxyl groups excluding tert-OH is 1. The number of amides is 1. The third kappa shape index (κ3) is 28.3. The van der Waals surface area contributed by atoms with Gasteiger partial charge in [-0.25, -0.2) is 0 Å². The molecule has 0 aromatic heterocycles. The summed E-state index contributed by atoms with van der Waals surface area (Å²) in [5, 5.41) is 13.2. The predicted octanol–water partition coefficient (Wildman–Crippen LogP) is 10.8. The molecular weight excluding hydrogens is 454 g/mol. The number of hydrogen-bond acceptors (Lipinski definition) is 2. The molecule has 0 rings (SSSR count). The quantitative estimate of drug-likeness (QED) is 0.0920. The van der Waals surface area contributed by atoms with Gasteiger partial charge in [-0.05, 0) is 19.8 Å². The molecule has 0 aromatic rings. The zero-order valence-corrected chi connectivity index (χ0v) is 25.8. The van der Waals surface area contributed by atoms with Crippen molar-refractivity contribution in [1.82, 2.24) is 5.32 Å². The van der Waals surface area contributed by atoms with Crippen LogP contribution < -0.4 is 5.32 Å². The number of hydrogen-bond donors (Lipinski definition) is 2. The molecule has 0 radical (unpaired) electrons. The summed E-state index contributed by atoms with van der Waals surface area (Å²) in [7, 11) is 0. The topological polar surface area (TPSA) is 49.3 Å². The van der Waals surface area contributed by atoms with E-state index in [9.17, 15) is 9.90 Å². The van der Waals surface area contributed by atoms with Crippen molar-refractivity contribution in [2.45, 2.75) is 213 Å². The lowest BCUT2D eigenvalue weighted by Gasteiger charge is -2.17. The summed E-state index contributed by atoms with van der Waals surface area (Å²) in [5.41, 5.74) is 0. The molecule has 0 saturated carbocycles. The van der Waals surface area contributed by atoms with E-state index in [0.29, 0.717) is 6.42 Å². The Bertz CT molecular complexity index is 453. The fraction of sp³-hybridized carbons (Fsp3) is 0.971. The predicted molar refractivity (Wildman–Crippen MR) is 164 cm³/mol. The molecule has 2 N–H and O–H groups in total. The number of unbranched alkanes of at least 4 members (excludes halogenated alkanes) is 24. The van der Waals surface area contributed by atoms with Crippen molar-refractivity contribution in [3.63, 3.8) is 0 Å². The minimum Gasteiger partial charge on any atom is -0.383 e. The van der Waals surface area contributed by atoms with Gasteiger partial charge in [0.1, 0.15) is 6.10 Å². The number of carbonyl (C=O) groups is 1. The number of aliphatic hydroxyl groups is 1. The maximum atomic E-state index is 12.3. The molecule has 0 aromatic carbocycles. The van der Waals surface area contributed by atoms with Gasteiger partial charge < -0.3 is 10.4 Å². The molecule has 2 unspecified atom stereocenters. The lowest BCUT2D eigenvalue weighted by molar-refractivity contribution is -0.130. The van der Waals surface area contributed by atoms with Crippen LogP contribution in [0, 0.1) is 0 Å². The monoisotopic (exact) mass is 524 g/mol. The second-order valence-electron chi connectivity index (χ2n) is 12.0. The van der Waals surface area contributed by atoms with E-state index in [2.05, 4.69) is 26.1 Å². The molecule has 0 aliphatic heterocycles. The van der Waals surface area contributed by atoms with Crippen LogP contribution in [0.3, 0.4) is 0 Å². The van der Waals surface area contributed by atoms with Crippen LogP contribution in [0.5, 0.6) is 0 Å². The first-order chi connectivity index (χ1) is 18.1. The molecule has 0 fully saturated rings. The van der Waals surface area contributed by atoms with Crippen molar-refractivity contribution in [2.75, 3.05) is 0 Å². The summed E-state index contributed by atoms with van der Waals surface area (Å²) >= 11 is 0. The van der Waals surface area contributed by atoms with Crippen LogP contribution in [0.4, 0.5) is 0 Å². The average Bonchev–Trinajstić information content (AvgIpc) is 2.89. The Morgan fingerprint density at radius 3 is 1.08 bits per heavy atom. The molecule has 3 heteroatoms. The van der Waals surface area contributed by atoms with Gasteiger partial charge in [-0.15, -0.1) is 0 Å². The van der Waals surface area contributed by atoms with Crippen molar-refractivity contribution < 1.29 is 9.90 Å². The second kappa shape index (κ2) is 30.0. The van der Waals surface area contributed by atoms with Crippen LogP contribution in [0.2, 0.25) is 0 Å². The van der Waals surface area contributed by atoms with Crippen LogP contribution in [0.1, 0.15) is 201 Å². The summed E-state index contributed by atoms with van der Waals surface area (Å²) in [6, 6.07) is 0.168. The molecule has 0 spiro atoms. The molecule has 37 heavy (non-hydrogen) atoms. The highest BCUT2D eigenvalue weighted by Crippen LogP contribution is 2.15. The molecular formula is C34H69NO2. The lowest BCUT2D eigenvalue weighted by Crippen LogP contribution is -2.40. The van der Waals surface area contributed by atoms with Crippen molar-refractivity contribution in [3.05, 3.63) is 0 Å². The SMILES string of the molecule is CCCCCCCCCCCCCCCCC(C)NC(=O)C(O)CCCCCCCCCCCCCC. The van der Waals surface area contributed by atoms with E-state index in [1.807, 2.05) is 0 Å². The van der Waals surface area contributed by atoms with E-state index in [1.165, 1.54) is 154 Å². The summed E-state index contributed by atoms with van der Waals surface area (Å²) in [6.45, 7) is 6.64. The minimum absolute atomic E-state index is 0.166. The Kier molecular flexibility index (Phi) is 29.5. The van der Waals surface area contributed by atoms with E-state index < -0.39 is 6.10 Å². The highest BCUT2D eigenvalue weighted by molar-refractivity contribution is 5.80. The van der Waals surface area contributed by atoms with Crippen LogP contribution in [-0.4, -0.2) is 23.2 Å². The Morgan fingerprint density at radius 2 is 0.757 bits per heavy atom. The Morgan fingerprint density at radius 1 is 0.486 bits per heavy atom. The van der Waals surface area contributed by atoms with Gasteiger partial charge in [-0.1, -0.05) is 181 Å². The maximum absolute atomic E-state index is 12.3. The summed E-state index contributed by atoms with van der Waals surface area (Å²) in [5.74, 6) is -0.166. The van der Waals surface area contributed by atoms with E-state index in [1.54, 1.807) is 0 Å². The van der Waals surface area contributed by atoms with E-state index >= 15 is 0 Å². The summed E-state index contributed by atoms with van der Waals surface area (Å²) in [6.07, 6.45) is 35.7. The normalized spacial score (nSPS) is 13.1. The second-order valence-corrected chi connectivity index (χ2v) is 12.0. The van der Waals surface area contributed by atoms with Gasteiger partial charge in [0.15, 0.2) is 0 Å². The van der Waals surface area contributed by atoms with Crippen LogP contribution in [0.15, 0.2) is 0 Å². The largest absolute Gasteiger partial charge is 0.383 e. The summed E-state index contributed by atoms with van der Waals surface area (Å²) in [4.78, 5) is 12.3. The first-order valence-electron chi connectivity index (χ1n) is 17.1. The molecule has 0 aliphatic rings. The van der Waals surface area contributed by atoms with Crippen LogP contribution >= 0.6 is 0 Å². The smallest absolute Gasteiger partial charge is 0.249 e. The fourth-order valence-electron chi connectivity index (χ4n) is 5.37. The van der Waals surface area contributed by atoms with Gasteiger partial charge in [-0.3, -0.25) is 4.79 Å². The van der Waals surface area contributed by atoms with Gasteiger partial charge in [0.05, 0.1) is 0 Å². The molecule has 0 heterocycles.